The van der Waals surface area contributed by atoms with Crippen LogP contribution in [0.5, 0.6) is 11.5 Å². The predicted molar refractivity (Wildman–Crippen MR) is 95.9 cm³/mol. The molecule has 0 radical (unpaired) electrons. The monoisotopic (exact) mass is 352 g/mol. The zero-order valence-corrected chi connectivity index (χ0v) is 14.4. The Hall–Kier alpha value is -3.15. The standard InChI is InChI=1S/C20H20N2O4/c1-21-19(24)18(20(25)22-12-23)15-6-10-17(11-7-15)26-16-8-4-14(5-9-16)13-2-3-13/h4-13,18H,2-3H2,1H3,(H,21,24)(H,22,23,25). The van der Waals surface area contributed by atoms with E-state index in [9.17, 15) is 14.4 Å². The fourth-order valence-electron chi connectivity index (χ4n) is 2.80. The van der Waals surface area contributed by atoms with Gasteiger partial charge < -0.3 is 10.1 Å². The van der Waals surface area contributed by atoms with Crippen LogP contribution in [0.15, 0.2) is 48.5 Å². The molecule has 1 unspecified atom stereocenters. The molecule has 1 aliphatic carbocycles. The molecule has 134 valence electrons. The molecule has 1 aliphatic rings. The molecule has 6 heteroatoms. The molecule has 3 amide bonds. The van der Waals surface area contributed by atoms with Gasteiger partial charge in [0.05, 0.1) is 0 Å². The minimum atomic E-state index is -1.10. The maximum Gasteiger partial charge on any atom is 0.243 e. The van der Waals surface area contributed by atoms with Crippen molar-refractivity contribution in [3.05, 3.63) is 59.7 Å². The summed E-state index contributed by atoms with van der Waals surface area (Å²) in [6, 6.07) is 14.7. The van der Waals surface area contributed by atoms with Crippen molar-refractivity contribution in [3.63, 3.8) is 0 Å². The Bertz CT molecular complexity index is 796. The van der Waals surface area contributed by atoms with Gasteiger partial charge in [-0.25, -0.2) is 0 Å². The zero-order valence-electron chi connectivity index (χ0n) is 14.4. The molecule has 1 atom stereocenters. The number of amides is 3. The topological polar surface area (TPSA) is 84.5 Å². The summed E-state index contributed by atoms with van der Waals surface area (Å²) in [4.78, 5) is 34.5. The molecule has 0 aromatic heterocycles. The van der Waals surface area contributed by atoms with Crippen molar-refractivity contribution in [2.45, 2.75) is 24.7 Å². The number of ether oxygens (including phenoxy) is 1. The summed E-state index contributed by atoms with van der Waals surface area (Å²) in [5, 5.41) is 4.45. The Kier molecular flexibility index (Phi) is 5.31. The van der Waals surface area contributed by atoms with Gasteiger partial charge in [0.15, 0.2) is 0 Å². The van der Waals surface area contributed by atoms with Crippen LogP contribution in [-0.2, 0) is 14.4 Å². The molecule has 2 aromatic carbocycles. The second-order valence-corrected chi connectivity index (χ2v) is 6.19. The number of nitrogens with one attached hydrogen (secondary N) is 2. The van der Waals surface area contributed by atoms with E-state index in [2.05, 4.69) is 17.4 Å². The van der Waals surface area contributed by atoms with Gasteiger partial charge in [-0.15, -0.1) is 0 Å². The van der Waals surface area contributed by atoms with E-state index in [-0.39, 0.29) is 6.41 Å². The smallest absolute Gasteiger partial charge is 0.243 e. The molecule has 0 saturated heterocycles. The van der Waals surface area contributed by atoms with E-state index in [1.807, 2.05) is 17.4 Å². The van der Waals surface area contributed by atoms with Crippen molar-refractivity contribution in [3.8, 4) is 11.5 Å². The Morgan fingerprint density at radius 3 is 2.08 bits per heavy atom. The molecule has 1 fully saturated rings. The van der Waals surface area contributed by atoms with Crippen LogP contribution >= 0.6 is 0 Å². The largest absolute Gasteiger partial charge is 0.457 e. The highest BCUT2D eigenvalue weighted by atomic mass is 16.5. The minimum Gasteiger partial charge on any atom is -0.457 e. The highest BCUT2D eigenvalue weighted by Crippen LogP contribution is 2.40. The molecule has 0 aliphatic heterocycles. The third-order valence-corrected chi connectivity index (χ3v) is 4.35. The highest BCUT2D eigenvalue weighted by molar-refractivity contribution is 6.08. The predicted octanol–water partition coefficient (Wildman–Crippen LogP) is 2.46. The molecule has 3 rings (SSSR count). The molecular weight excluding hydrogens is 332 g/mol. The van der Waals surface area contributed by atoms with E-state index in [0.29, 0.717) is 17.2 Å². The normalized spacial score (nSPS) is 14.2. The minimum absolute atomic E-state index is 0.265. The van der Waals surface area contributed by atoms with Crippen LogP contribution in [-0.4, -0.2) is 25.3 Å². The molecule has 0 spiro atoms. The van der Waals surface area contributed by atoms with E-state index in [0.717, 1.165) is 5.75 Å². The first-order valence-electron chi connectivity index (χ1n) is 8.45. The third-order valence-electron chi connectivity index (χ3n) is 4.35. The van der Waals surface area contributed by atoms with Gasteiger partial charge in [0.1, 0.15) is 17.4 Å². The van der Waals surface area contributed by atoms with Gasteiger partial charge in [-0.3, -0.25) is 19.7 Å². The SMILES string of the molecule is CNC(=O)C(C(=O)NC=O)c1ccc(Oc2ccc(C3CC3)cc2)cc1. The van der Waals surface area contributed by atoms with E-state index >= 15 is 0 Å². The lowest BCUT2D eigenvalue weighted by atomic mass is 9.97. The number of likely N-dealkylation sites (N-methyl/N-ethyl adjacent to an activating group) is 1. The molecule has 1 saturated carbocycles. The van der Waals surface area contributed by atoms with Gasteiger partial charge in [-0.2, -0.15) is 0 Å². The maximum absolute atomic E-state index is 12.0. The number of rotatable bonds is 7. The lowest BCUT2D eigenvalue weighted by Crippen LogP contribution is -2.37. The second-order valence-electron chi connectivity index (χ2n) is 6.19. The van der Waals surface area contributed by atoms with Gasteiger partial charge in [0.2, 0.25) is 18.2 Å². The second kappa shape index (κ2) is 7.82. The van der Waals surface area contributed by atoms with Crippen LogP contribution in [0.4, 0.5) is 0 Å². The molecular formula is C20H20N2O4. The van der Waals surface area contributed by atoms with Crippen LogP contribution in [0.2, 0.25) is 0 Å². The summed E-state index contributed by atoms with van der Waals surface area (Å²) in [6.07, 6.45) is 2.78. The first-order valence-corrected chi connectivity index (χ1v) is 8.45. The first kappa shape index (κ1) is 17.7. The zero-order chi connectivity index (χ0) is 18.5. The average molecular weight is 352 g/mol. The van der Waals surface area contributed by atoms with Crippen molar-refractivity contribution < 1.29 is 19.1 Å². The summed E-state index contributed by atoms with van der Waals surface area (Å²) in [5.41, 5.74) is 1.81. The maximum atomic E-state index is 12.0. The van der Waals surface area contributed by atoms with E-state index in [1.165, 1.54) is 25.5 Å². The van der Waals surface area contributed by atoms with Gasteiger partial charge >= 0.3 is 0 Å². The van der Waals surface area contributed by atoms with Gasteiger partial charge in [0, 0.05) is 7.05 Å². The first-order chi connectivity index (χ1) is 12.6. The Labute approximate surface area is 151 Å². The number of benzene rings is 2. The van der Waals surface area contributed by atoms with Crippen molar-refractivity contribution in [1.82, 2.24) is 10.6 Å². The molecule has 2 aromatic rings. The van der Waals surface area contributed by atoms with E-state index < -0.39 is 17.7 Å². The van der Waals surface area contributed by atoms with Crippen molar-refractivity contribution in [2.75, 3.05) is 7.05 Å². The number of hydrogen-bond donors (Lipinski definition) is 2. The van der Waals surface area contributed by atoms with E-state index in [1.54, 1.807) is 24.3 Å². The summed E-state index contributed by atoms with van der Waals surface area (Å²) in [7, 11) is 1.44. The van der Waals surface area contributed by atoms with Gasteiger partial charge in [0.25, 0.3) is 0 Å². The van der Waals surface area contributed by atoms with Gasteiger partial charge in [-0.05, 0) is 54.2 Å². The quantitative estimate of drug-likeness (QED) is 0.592. The van der Waals surface area contributed by atoms with Gasteiger partial charge in [-0.1, -0.05) is 24.3 Å². The fourth-order valence-corrected chi connectivity index (χ4v) is 2.80. The molecule has 26 heavy (non-hydrogen) atoms. The Morgan fingerprint density at radius 2 is 1.58 bits per heavy atom. The van der Waals surface area contributed by atoms with Crippen molar-refractivity contribution >= 4 is 18.2 Å². The number of hydrogen-bond acceptors (Lipinski definition) is 4. The van der Waals surface area contributed by atoms with Crippen LogP contribution in [0, 0.1) is 0 Å². The van der Waals surface area contributed by atoms with E-state index in [4.69, 9.17) is 4.74 Å². The number of carbonyl (C=O) groups excluding carboxylic acids is 3. The van der Waals surface area contributed by atoms with Crippen molar-refractivity contribution in [1.29, 1.82) is 0 Å². The van der Waals surface area contributed by atoms with Crippen molar-refractivity contribution in [2.24, 2.45) is 0 Å². The average Bonchev–Trinajstić information content (AvgIpc) is 3.49. The summed E-state index contributed by atoms with van der Waals surface area (Å²) in [5.74, 6) is -0.250. The summed E-state index contributed by atoms with van der Waals surface area (Å²) in [6.45, 7) is 0. The number of imide groups is 1. The third kappa shape index (κ3) is 4.08. The summed E-state index contributed by atoms with van der Waals surface area (Å²) < 4.78 is 5.81. The Morgan fingerprint density at radius 1 is 1.00 bits per heavy atom. The van der Waals surface area contributed by atoms with Crippen LogP contribution < -0.4 is 15.4 Å². The fraction of sp³-hybridized carbons (Fsp3) is 0.250. The van der Waals surface area contributed by atoms with Crippen LogP contribution in [0.3, 0.4) is 0 Å². The molecule has 6 nitrogen and oxygen atoms in total. The summed E-state index contributed by atoms with van der Waals surface area (Å²) >= 11 is 0. The lowest BCUT2D eigenvalue weighted by molar-refractivity contribution is -0.132. The molecule has 2 N–H and O–H groups in total. The Balaban J connectivity index is 1.72. The highest BCUT2D eigenvalue weighted by Gasteiger charge is 2.27. The number of carbonyl (C=O) groups is 3. The molecule has 0 heterocycles. The van der Waals surface area contributed by atoms with Crippen LogP contribution in [0.1, 0.15) is 35.8 Å². The lowest BCUT2D eigenvalue weighted by Gasteiger charge is -2.14. The van der Waals surface area contributed by atoms with Crippen LogP contribution in [0.25, 0.3) is 0 Å². The molecule has 0 bridgehead atoms.